The molecule has 1 saturated heterocycles. The van der Waals surface area contributed by atoms with Gasteiger partial charge < -0.3 is 0 Å². The third kappa shape index (κ3) is 2.94. The van der Waals surface area contributed by atoms with Crippen LogP contribution in [0, 0.1) is 5.92 Å². The van der Waals surface area contributed by atoms with E-state index in [0.29, 0.717) is 12.3 Å². The number of nitrogens with zero attached hydrogens (tertiary/aromatic N) is 1. The van der Waals surface area contributed by atoms with Gasteiger partial charge in [-0.1, -0.05) is 19.9 Å². The summed E-state index contributed by atoms with van der Waals surface area (Å²) in [4.78, 5) is 2.29. The number of hydrogen-bond donors (Lipinski definition) is 0. The topological polar surface area (TPSA) is 3.24 Å². The van der Waals surface area contributed by atoms with Gasteiger partial charge in [0.15, 0.2) is 0 Å². The molecular formula is C10H18FN. The van der Waals surface area contributed by atoms with Gasteiger partial charge in [-0.25, -0.2) is 0 Å². The third-order valence-corrected chi connectivity index (χ3v) is 2.03. The zero-order valence-corrected chi connectivity index (χ0v) is 8.02. The minimum absolute atomic E-state index is 0.181. The zero-order valence-electron chi connectivity index (χ0n) is 8.02. The Labute approximate surface area is 74.3 Å². The van der Waals surface area contributed by atoms with Crippen molar-refractivity contribution in [2.24, 2.45) is 5.92 Å². The SMILES string of the molecule is CC(C)C=C1CN(CCCF)C1. The van der Waals surface area contributed by atoms with Crippen molar-refractivity contribution in [1.82, 2.24) is 4.90 Å². The molecule has 70 valence electrons. The summed E-state index contributed by atoms with van der Waals surface area (Å²) in [5.74, 6) is 0.656. The molecule has 1 rings (SSSR count). The van der Waals surface area contributed by atoms with Crippen LogP contribution in [0.4, 0.5) is 4.39 Å². The fourth-order valence-electron chi connectivity index (χ4n) is 1.55. The fourth-order valence-corrected chi connectivity index (χ4v) is 1.55. The van der Waals surface area contributed by atoms with Gasteiger partial charge in [-0.15, -0.1) is 0 Å². The number of halogens is 1. The Morgan fingerprint density at radius 3 is 2.67 bits per heavy atom. The Morgan fingerprint density at radius 2 is 2.17 bits per heavy atom. The third-order valence-electron chi connectivity index (χ3n) is 2.03. The van der Waals surface area contributed by atoms with Crippen molar-refractivity contribution >= 4 is 0 Å². The van der Waals surface area contributed by atoms with Crippen molar-refractivity contribution < 1.29 is 4.39 Å². The maximum Gasteiger partial charge on any atom is 0.0906 e. The molecule has 0 unspecified atom stereocenters. The van der Waals surface area contributed by atoms with E-state index < -0.39 is 0 Å². The first-order valence-electron chi connectivity index (χ1n) is 4.70. The summed E-state index contributed by atoms with van der Waals surface area (Å²) in [5, 5.41) is 0. The van der Waals surface area contributed by atoms with Gasteiger partial charge in [-0.2, -0.15) is 0 Å². The van der Waals surface area contributed by atoms with E-state index in [1.807, 2.05) is 0 Å². The lowest BCUT2D eigenvalue weighted by molar-refractivity contribution is 0.235. The average molecular weight is 171 g/mol. The van der Waals surface area contributed by atoms with Gasteiger partial charge in [0.1, 0.15) is 0 Å². The van der Waals surface area contributed by atoms with Crippen LogP contribution in [0.15, 0.2) is 11.6 Å². The monoisotopic (exact) mass is 171 g/mol. The van der Waals surface area contributed by atoms with Gasteiger partial charge in [0.05, 0.1) is 6.67 Å². The van der Waals surface area contributed by atoms with Crippen LogP contribution in [0.1, 0.15) is 20.3 Å². The van der Waals surface area contributed by atoms with Crippen LogP contribution in [-0.2, 0) is 0 Å². The molecule has 0 aromatic carbocycles. The maximum atomic E-state index is 11.8. The highest BCUT2D eigenvalue weighted by Gasteiger charge is 2.18. The molecule has 1 aliphatic heterocycles. The normalized spacial score (nSPS) is 18.2. The highest BCUT2D eigenvalue weighted by atomic mass is 19.1. The van der Waals surface area contributed by atoms with Crippen LogP contribution < -0.4 is 0 Å². The summed E-state index contributed by atoms with van der Waals surface area (Å²) >= 11 is 0. The van der Waals surface area contributed by atoms with E-state index in [1.54, 1.807) is 0 Å². The Bertz CT molecular complexity index is 155. The molecule has 0 spiro atoms. The van der Waals surface area contributed by atoms with Crippen molar-refractivity contribution in [3.05, 3.63) is 11.6 Å². The molecule has 0 amide bonds. The molecule has 12 heavy (non-hydrogen) atoms. The number of alkyl halides is 1. The average Bonchev–Trinajstić information content (AvgIpc) is 1.93. The van der Waals surface area contributed by atoms with Gasteiger partial charge in [-0.3, -0.25) is 9.29 Å². The van der Waals surface area contributed by atoms with Gasteiger partial charge in [0, 0.05) is 19.6 Å². The first-order valence-corrected chi connectivity index (χ1v) is 4.70. The van der Waals surface area contributed by atoms with Crippen LogP contribution in [0.2, 0.25) is 0 Å². The first kappa shape index (κ1) is 9.72. The summed E-state index contributed by atoms with van der Waals surface area (Å²) in [6, 6.07) is 0. The predicted octanol–water partition coefficient (Wildman–Crippen LogP) is 2.24. The standard InChI is InChI=1S/C10H18FN/c1-9(2)6-10-7-12(8-10)5-3-4-11/h6,9H,3-5,7-8H2,1-2H3. The molecule has 2 heteroatoms. The van der Waals surface area contributed by atoms with E-state index in [0.717, 1.165) is 19.6 Å². The number of likely N-dealkylation sites (tertiary alicyclic amines) is 1. The minimum Gasteiger partial charge on any atom is -0.295 e. The predicted molar refractivity (Wildman–Crippen MR) is 50.0 cm³/mol. The smallest absolute Gasteiger partial charge is 0.0906 e. The Morgan fingerprint density at radius 1 is 1.50 bits per heavy atom. The van der Waals surface area contributed by atoms with E-state index >= 15 is 0 Å². The van der Waals surface area contributed by atoms with Crippen LogP contribution in [-0.4, -0.2) is 31.2 Å². The molecular weight excluding hydrogens is 153 g/mol. The molecule has 1 fully saturated rings. The second-order valence-corrected chi connectivity index (χ2v) is 3.82. The minimum atomic E-state index is -0.181. The van der Waals surface area contributed by atoms with E-state index in [2.05, 4.69) is 24.8 Å². The Kier molecular flexibility index (Phi) is 3.73. The van der Waals surface area contributed by atoms with Crippen molar-refractivity contribution in [2.45, 2.75) is 20.3 Å². The van der Waals surface area contributed by atoms with Gasteiger partial charge in [0.2, 0.25) is 0 Å². The fraction of sp³-hybridized carbons (Fsp3) is 0.800. The van der Waals surface area contributed by atoms with E-state index in [4.69, 9.17) is 0 Å². The lowest BCUT2D eigenvalue weighted by Crippen LogP contribution is -2.40. The molecule has 0 aromatic rings. The van der Waals surface area contributed by atoms with E-state index in [-0.39, 0.29) is 6.67 Å². The quantitative estimate of drug-likeness (QED) is 0.586. The molecule has 0 atom stereocenters. The number of hydrogen-bond acceptors (Lipinski definition) is 1. The molecule has 0 N–H and O–H groups in total. The first-order chi connectivity index (χ1) is 5.72. The number of rotatable bonds is 4. The van der Waals surface area contributed by atoms with E-state index in [1.165, 1.54) is 5.57 Å². The van der Waals surface area contributed by atoms with Crippen LogP contribution in [0.3, 0.4) is 0 Å². The molecule has 1 heterocycles. The van der Waals surface area contributed by atoms with Crippen molar-refractivity contribution in [3.8, 4) is 0 Å². The van der Waals surface area contributed by atoms with Crippen molar-refractivity contribution in [2.75, 3.05) is 26.3 Å². The van der Waals surface area contributed by atoms with Crippen LogP contribution in [0.5, 0.6) is 0 Å². The highest BCUT2D eigenvalue weighted by molar-refractivity contribution is 5.15. The summed E-state index contributed by atoms with van der Waals surface area (Å²) in [5.41, 5.74) is 1.52. The van der Waals surface area contributed by atoms with Crippen LogP contribution >= 0.6 is 0 Å². The lowest BCUT2D eigenvalue weighted by atomic mass is 10.0. The Hall–Kier alpha value is -0.370. The zero-order chi connectivity index (χ0) is 8.97. The van der Waals surface area contributed by atoms with E-state index in [9.17, 15) is 4.39 Å². The van der Waals surface area contributed by atoms with Crippen molar-refractivity contribution in [3.63, 3.8) is 0 Å². The Balaban J connectivity index is 2.11. The summed E-state index contributed by atoms with van der Waals surface area (Å²) < 4.78 is 11.8. The summed E-state index contributed by atoms with van der Waals surface area (Å²) in [6.07, 6.45) is 3.00. The summed E-state index contributed by atoms with van der Waals surface area (Å²) in [6.45, 7) is 7.26. The molecule has 0 aromatic heterocycles. The molecule has 1 nitrogen and oxygen atoms in total. The summed E-state index contributed by atoms with van der Waals surface area (Å²) in [7, 11) is 0. The molecule has 0 radical (unpaired) electrons. The van der Waals surface area contributed by atoms with Gasteiger partial charge in [-0.05, 0) is 17.9 Å². The maximum absolute atomic E-state index is 11.8. The van der Waals surface area contributed by atoms with Gasteiger partial charge in [0.25, 0.3) is 0 Å². The molecule has 1 aliphatic rings. The highest BCUT2D eigenvalue weighted by Crippen LogP contribution is 2.16. The van der Waals surface area contributed by atoms with Crippen molar-refractivity contribution in [1.29, 1.82) is 0 Å². The molecule has 0 aliphatic carbocycles. The van der Waals surface area contributed by atoms with Crippen LogP contribution in [0.25, 0.3) is 0 Å². The second-order valence-electron chi connectivity index (χ2n) is 3.82. The second kappa shape index (κ2) is 4.61. The number of allylic oxidation sites excluding steroid dienone is 1. The molecule has 0 saturated carbocycles. The largest absolute Gasteiger partial charge is 0.295 e. The van der Waals surface area contributed by atoms with Gasteiger partial charge >= 0.3 is 0 Å². The molecule has 0 bridgehead atoms. The lowest BCUT2D eigenvalue weighted by Gasteiger charge is -2.34.